The van der Waals surface area contributed by atoms with E-state index in [4.69, 9.17) is 16.6 Å². The Balaban J connectivity index is 2.53. The van der Waals surface area contributed by atoms with Crippen LogP contribution in [0.5, 0.6) is 0 Å². The van der Waals surface area contributed by atoms with Gasteiger partial charge in [-0.2, -0.15) is 0 Å². The van der Waals surface area contributed by atoms with Gasteiger partial charge in [-0.15, -0.1) is 0 Å². The summed E-state index contributed by atoms with van der Waals surface area (Å²) in [7, 11) is 0. The molecule has 12 heteroatoms. The average molecular weight is 429 g/mol. The van der Waals surface area contributed by atoms with Gasteiger partial charge < -0.3 is 37.2 Å². The Kier molecular flexibility index (Phi) is 10.8. The summed E-state index contributed by atoms with van der Waals surface area (Å²) in [5.74, 6) is -3.95. The summed E-state index contributed by atoms with van der Waals surface area (Å²) in [6.07, 6.45) is 2.07. The molecule has 8 N–H and O–H groups in total. The highest BCUT2D eigenvalue weighted by Gasteiger charge is 2.36. The molecule has 0 aromatic carbocycles. The maximum atomic E-state index is 12.4. The predicted octanol–water partition coefficient (Wildman–Crippen LogP) is -2.02. The van der Waals surface area contributed by atoms with Gasteiger partial charge >= 0.3 is 11.9 Å². The minimum Gasteiger partial charge on any atom is -0.481 e. The summed E-state index contributed by atoms with van der Waals surface area (Å²) in [5, 5.41) is 22.6. The summed E-state index contributed by atoms with van der Waals surface area (Å²) in [4.78, 5) is 60.0. The lowest BCUT2D eigenvalue weighted by atomic mass is 10.1. The number of likely N-dealkylation sites (tertiary alicyclic amines) is 1. The molecule has 0 bridgehead atoms. The summed E-state index contributed by atoms with van der Waals surface area (Å²) in [6.45, 7) is 0.308. The summed E-state index contributed by atoms with van der Waals surface area (Å²) < 4.78 is 0. The standard InChI is InChI=1S/C18H31N5O7/c19-8-2-1-4-12(18(29)30)22-14(24)10-21-16(27)13-5-3-9-23(13)17(28)11(20)6-7-15(25)26/h11-13H,1-10,19-20H2,(H,21,27)(H,22,24)(H,25,26)(H,29,30). The molecular weight excluding hydrogens is 398 g/mol. The molecule has 3 amide bonds. The van der Waals surface area contributed by atoms with Gasteiger partial charge in [0.25, 0.3) is 0 Å². The first-order chi connectivity index (χ1) is 14.2. The van der Waals surface area contributed by atoms with Crippen LogP contribution >= 0.6 is 0 Å². The van der Waals surface area contributed by atoms with Crippen LogP contribution in [0.4, 0.5) is 0 Å². The molecule has 3 unspecified atom stereocenters. The largest absolute Gasteiger partial charge is 0.481 e. The van der Waals surface area contributed by atoms with Gasteiger partial charge in [-0.25, -0.2) is 4.79 Å². The summed E-state index contributed by atoms with van der Waals surface area (Å²) in [5.41, 5.74) is 11.1. The molecule has 0 aromatic rings. The van der Waals surface area contributed by atoms with Crippen LogP contribution in [0, 0.1) is 0 Å². The fourth-order valence-corrected chi connectivity index (χ4v) is 3.20. The highest BCUT2D eigenvalue weighted by molar-refractivity contribution is 5.93. The number of carboxylic acids is 2. The van der Waals surface area contributed by atoms with Crippen molar-refractivity contribution < 1.29 is 34.2 Å². The van der Waals surface area contributed by atoms with Gasteiger partial charge in [0.1, 0.15) is 12.1 Å². The minimum atomic E-state index is -1.17. The molecule has 1 heterocycles. The molecule has 1 fully saturated rings. The Labute approximate surface area is 174 Å². The van der Waals surface area contributed by atoms with Crippen LogP contribution < -0.4 is 22.1 Å². The molecule has 3 atom stereocenters. The SMILES string of the molecule is NCCCCC(NC(=O)CNC(=O)C1CCCN1C(=O)C(N)CCC(=O)O)C(=O)O. The van der Waals surface area contributed by atoms with Crippen molar-refractivity contribution in [3.05, 3.63) is 0 Å². The van der Waals surface area contributed by atoms with Crippen molar-refractivity contribution in [2.45, 2.75) is 63.1 Å². The normalized spacial score (nSPS) is 17.8. The van der Waals surface area contributed by atoms with E-state index >= 15 is 0 Å². The van der Waals surface area contributed by atoms with Gasteiger partial charge in [0.2, 0.25) is 17.7 Å². The number of carbonyl (C=O) groups is 5. The van der Waals surface area contributed by atoms with E-state index in [0.717, 1.165) is 0 Å². The van der Waals surface area contributed by atoms with Crippen LogP contribution in [0.1, 0.15) is 44.9 Å². The second-order valence-corrected chi connectivity index (χ2v) is 7.19. The number of aliphatic carboxylic acids is 2. The molecule has 0 saturated carbocycles. The zero-order valence-electron chi connectivity index (χ0n) is 16.8. The topological polar surface area (TPSA) is 205 Å². The number of nitrogens with one attached hydrogen (secondary N) is 2. The summed E-state index contributed by atoms with van der Waals surface area (Å²) >= 11 is 0. The number of unbranched alkanes of at least 4 members (excludes halogenated alkanes) is 1. The second kappa shape index (κ2) is 12.8. The molecule has 1 aliphatic rings. The maximum Gasteiger partial charge on any atom is 0.326 e. The highest BCUT2D eigenvalue weighted by atomic mass is 16.4. The molecule has 0 aromatic heterocycles. The molecule has 0 aliphatic carbocycles. The molecule has 170 valence electrons. The lowest BCUT2D eigenvalue weighted by Gasteiger charge is -2.26. The average Bonchev–Trinajstić information content (AvgIpc) is 3.18. The molecular formula is C18H31N5O7. The van der Waals surface area contributed by atoms with Crippen molar-refractivity contribution in [3.8, 4) is 0 Å². The van der Waals surface area contributed by atoms with Crippen LogP contribution in [0.2, 0.25) is 0 Å². The number of amides is 3. The number of nitrogens with two attached hydrogens (primary N) is 2. The van der Waals surface area contributed by atoms with Crippen LogP contribution in [0.25, 0.3) is 0 Å². The van der Waals surface area contributed by atoms with Crippen molar-refractivity contribution in [2.24, 2.45) is 11.5 Å². The molecule has 0 radical (unpaired) electrons. The molecule has 1 rings (SSSR count). The Morgan fingerprint density at radius 3 is 2.40 bits per heavy atom. The third-order valence-electron chi connectivity index (χ3n) is 4.83. The third-order valence-corrected chi connectivity index (χ3v) is 4.83. The van der Waals surface area contributed by atoms with Crippen molar-refractivity contribution in [2.75, 3.05) is 19.6 Å². The van der Waals surface area contributed by atoms with Crippen LogP contribution in [0.15, 0.2) is 0 Å². The van der Waals surface area contributed by atoms with Gasteiger partial charge in [0.05, 0.1) is 12.6 Å². The Hall–Kier alpha value is -2.73. The van der Waals surface area contributed by atoms with Crippen molar-refractivity contribution >= 4 is 29.7 Å². The van der Waals surface area contributed by atoms with Gasteiger partial charge in [0.15, 0.2) is 0 Å². The first kappa shape index (κ1) is 25.3. The Bertz CT molecular complexity index is 642. The van der Waals surface area contributed by atoms with E-state index in [1.807, 2.05) is 0 Å². The smallest absolute Gasteiger partial charge is 0.326 e. The maximum absolute atomic E-state index is 12.4. The third kappa shape index (κ3) is 8.33. The zero-order chi connectivity index (χ0) is 22.7. The zero-order valence-corrected chi connectivity index (χ0v) is 16.8. The number of rotatable bonds is 13. The van der Waals surface area contributed by atoms with Crippen molar-refractivity contribution in [1.29, 1.82) is 0 Å². The van der Waals surface area contributed by atoms with Gasteiger partial charge in [-0.3, -0.25) is 19.2 Å². The lowest BCUT2D eigenvalue weighted by molar-refractivity contribution is -0.142. The van der Waals surface area contributed by atoms with Crippen LogP contribution in [-0.4, -0.2) is 82.5 Å². The van der Waals surface area contributed by atoms with Crippen LogP contribution in [-0.2, 0) is 24.0 Å². The molecule has 1 saturated heterocycles. The second-order valence-electron chi connectivity index (χ2n) is 7.19. The number of hydrogen-bond donors (Lipinski definition) is 6. The quantitative estimate of drug-likeness (QED) is 0.178. The van der Waals surface area contributed by atoms with Gasteiger partial charge in [0, 0.05) is 13.0 Å². The van der Waals surface area contributed by atoms with E-state index in [9.17, 15) is 29.1 Å². The monoisotopic (exact) mass is 429 g/mol. The van der Waals surface area contributed by atoms with Gasteiger partial charge in [-0.1, -0.05) is 0 Å². The predicted molar refractivity (Wildman–Crippen MR) is 105 cm³/mol. The molecule has 1 aliphatic heterocycles. The van der Waals surface area contributed by atoms with E-state index in [1.54, 1.807) is 0 Å². The molecule has 0 spiro atoms. The fraction of sp³-hybridized carbons (Fsp3) is 0.722. The lowest BCUT2D eigenvalue weighted by Crippen LogP contribution is -2.53. The first-order valence-corrected chi connectivity index (χ1v) is 9.95. The molecule has 12 nitrogen and oxygen atoms in total. The number of carbonyl (C=O) groups excluding carboxylic acids is 3. The van der Waals surface area contributed by atoms with Gasteiger partial charge in [-0.05, 0) is 45.1 Å². The Morgan fingerprint density at radius 2 is 1.80 bits per heavy atom. The molecule has 30 heavy (non-hydrogen) atoms. The van der Waals surface area contributed by atoms with E-state index < -0.39 is 54.3 Å². The highest BCUT2D eigenvalue weighted by Crippen LogP contribution is 2.19. The number of carboxylic acid groups (broad SMARTS) is 2. The van der Waals surface area contributed by atoms with Crippen molar-refractivity contribution in [3.63, 3.8) is 0 Å². The Morgan fingerprint density at radius 1 is 1.10 bits per heavy atom. The minimum absolute atomic E-state index is 0.0395. The van der Waals surface area contributed by atoms with Crippen LogP contribution in [0.3, 0.4) is 0 Å². The number of nitrogens with zero attached hydrogens (tertiary/aromatic N) is 1. The fourth-order valence-electron chi connectivity index (χ4n) is 3.20. The van der Waals surface area contributed by atoms with E-state index in [2.05, 4.69) is 10.6 Å². The van der Waals surface area contributed by atoms with E-state index in [-0.39, 0.29) is 19.3 Å². The van der Waals surface area contributed by atoms with E-state index in [1.165, 1.54) is 4.90 Å². The number of hydrogen-bond acceptors (Lipinski definition) is 7. The van der Waals surface area contributed by atoms with Crippen molar-refractivity contribution in [1.82, 2.24) is 15.5 Å². The first-order valence-electron chi connectivity index (χ1n) is 9.95. The summed E-state index contributed by atoms with van der Waals surface area (Å²) in [6, 6.07) is -2.90. The van der Waals surface area contributed by atoms with E-state index in [0.29, 0.717) is 38.8 Å².